The largest absolute Gasteiger partial charge is 0.377 e. The summed E-state index contributed by atoms with van der Waals surface area (Å²) in [5, 5.41) is 3.71. The van der Waals surface area contributed by atoms with E-state index in [0.717, 1.165) is 26.2 Å². The SMILES string of the molecule is CC1CC2(COC2)N[C@@H](C(C)C)CO1. The molecule has 0 aliphatic carbocycles. The first-order valence-electron chi connectivity index (χ1n) is 5.58. The predicted octanol–water partition coefficient (Wildman–Crippen LogP) is 1.18. The van der Waals surface area contributed by atoms with Crippen molar-refractivity contribution in [2.75, 3.05) is 19.8 Å². The summed E-state index contributed by atoms with van der Waals surface area (Å²) >= 11 is 0. The zero-order chi connectivity index (χ0) is 10.2. The van der Waals surface area contributed by atoms with Gasteiger partial charge < -0.3 is 14.8 Å². The van der Waals surface area contributed by atoms with E-state index in [9.17, 15) is 0 Å². The van der Waals surface area contributed by atoms with E-state index in [2.05, 4.69) is 26.1 Å². The van der Waals surface area contributed by atoms with Crippen molar-refractivity contribution in [2.45, 2.75) is 44.9 Å². The molecule has 0 saturated carbocycles. The first-order valence-corrected chi connectivity index (χ1v) is 5.58. The van der Waals surface area contributed by atoms with Gasteiger partial charge in [-0.3, -0.25) is 0 Å². The van der Waals surface area contributed by atoms with E-state index in [1.165, 1.54) is 0 Å². The Balaban J connectivity index is 2.03. The molecule has 0 bridgehead atoms. The quantitative estimate of drug-likeness (QED) is 0.688. The second-order valence-corrected chi connectivity index (χ2v) is 5.12. The molecule has 2 rings (SSSR count). The van der Waals surface area contributed by atoms with Crippen LogP contribution < -0.4 is 5.32 Å². The van der Waals surface area contributed by atoms with Crippen molar-refractivity contribution >= 4 is 0 Å². The van der Waals surface area contributed by atoms with Crippen LogP contribution in [0.1, 0.15) is 27.2 Å². The Bertz CT molecular complexity index is 201. The van der Waals surface area contributed by atoms with Gasteiger partial charge in [-0.1, -0.05) is 13.8 Å². The molecular weight excluding hydrogens is 178 g/mol. The molecule has 14 heavy (non-hydrogen) atoms. The average molecular weight is 199 g/mol. The molecule has 0 aromatic carbocycles. The molecule has 2 heterocycles. The first-order chi connectivity index (χ1) is 6.61. The van der Waals surface area contributed by atoms with Crippen molar-refractivity contribution in [1.82, 2.24) is 5.32 Å². The zero-order valence-electron chi connectivity index (χ0n) is 9.38. The first kappa shape index (κ1) is 10.4. The molecule has 2 fully saturated rings. The van der Waals surface area contributed by atoms with Crippen LogP contribution in [0.4, 0.5) is 0 Å². The van der Waals surface area contributed by atoms with Crippen molar-refractivity contribution in [3.63, 3.8) is 0 Å². The molecular formula is C11H21NO2. The highest BCUT2D eigenvalue weighted by Crippen LogP contribution is 2.28. The number of rotatable bonds is 1. The summed E-state index contributed by atoms with van der Waals surface area (Å²) in [4.78, 5) is 0. The third kappa shape index (κ3) is 1.95. The number of hydrogen-bond acceptors (Lipinski definition) is 3. The van der Waals surface area contributed by atoms with E-state index in [1.54, 1.807) is 0 Å². The lowest BCUT2D eigenvalue weighted by molar-refractivity contribution is -0.0876. The van der Waals surface area contributed by atoms with Gasteiger partial charge in [-0.2, -0.15) is 0 Å². The number of ether oxygens (including phenoxy) is 2. The van der Waals surface area contributed by atoms with Crippen LogP contribution in [-0.2, 0) is 9.47 Å². The molecule has 0 radical (unpaired) electrons. The van der Waals surface area contributed by atoms with Crippen LogP contribution in [0.2, 0.25) is 0 Å². The van der Waals surface area contributed by atoms with Gasteiger partial charge in [0.2, 0.25) is 0 Å². The van der Waals surface area contributed by atoms with E-state index >= 15 is 0 Å². The Hall–Kier alpha value is -0.120. The topological polar surface area (TPSA) is 30.5 Å². The van der Waals surface area contributed by atoms with Crippen LogP contribution in [0, 0.1) is 5.92 Å². The summed E-state index contributed by atoms with van der Waals surface area (Å²) < 4.78 is 11.1. The van der Waals surface area contributed by atoms with Gasteiger partial charge in [0, 0.05) is 6.04 Å². The van der Waals surface area contributed by atoms with Crippen LogP contribution in [-0.4, -0.2) is 37.5 Å². The molecule has 1 unspecified atom stereocenters. The third-order valence-corrected chi connectivity index (χ3v) is 3.29. The molecule has 2 aliphatic heterocycles. The van der Waals surface area contributed by atoms with Crippen LogP contribution in [0.25, 0.3) is 0 Å². The summed E-state index contributed by atoms with van der Waals surface area (Å²) in [6, 6.07) is 0.476. The molecule has 3 heteroatoms. The molecule has 2 aliphatic rings. The van der Waals surface area contributed by atoms with Crippen LogP contribution in [0.3, 0.4) is 0 Å². The third-order valence-electron chi connectivity index (χ3n) is 3.29. The van der Waals surface area contributed by atoms with E-state index < -0.39 is 0 Å². The summed E-state index contributed by atoms with van der Waals surface area (Å²) in [5.41, 5.74) is 0.213. The van der Waals surface area contributed by atoms with E-state index in [4.69, 9.17) is 9.47 Å². The lowest BCUT2D eigenvalue weighted by Crippen LogP contribution is -2.64. The second kappa shape index (κ2) is 3.80. The van der Waals surface area contributed by atoms with Crippen molar-refractivity contribution in [3.05, 3.63) is 0 Å². The van der Waals surface area contributed by atoms with Gasteiger partial charge in [0.15, 0.2) is 0 Å². The maximum absolute atomic E-state index is 5.79. The second-order valence-electron chi connectivity index (χ2n) is 5.12. The Morgan fingerprint density at radius 1 is 1.36 bits per heavy atom. The molecule has 1 N–H and O–H groups in total. The zero-order valence-corrected chi connectivity index (χ0v) is 9.38. The van der Waals surface area contributed by atoms with Gasteiger partial charge in [-0.15, -0.1) is 0 Å². The minimum atomic E-state index is 0.213. The Morgan fingerprint density at radius 3 is 2.57 bits per heavy atom. The van der Waals surface area contributed by atoms with Crippen molar-refractivity contribution < 1.29 is 9.47 Å². The number of hydrogen-bond donors (Lipinski definition) is 1. The summed E-state index contributed by atoms with van der Waals surface area (Å²) in [6.07, 6.45) is 1.44. The standard InChI is InChI=1S/C11H21NO2/c1-8(2)10-5-14-9(3)4-11(12-10)6-13-7-11/h8-10,12H,4-7H2,1-3H3/t9?,10-/m1/s1. The fraction of sp³-hybridized carbons (Fsp3) is 1.00. The highest BCUT2D eigenvalue weighted by atomic mass is 16.5. The highest BCUT2D eigenvalue weighted by Gasteiger charge is 2.43. The Morgan fingerprint density at radius 2 is 2.07 bits per heavy atom. The van der Waals surface area contributed by atoms with Crippen LogP contribution in [0.5, 0.6) is 0 Å². The molecule has 1 spiro atoms. The summed E-state index contributed by atoms with van der Waals surface area (Å²) in [6.45, 7) is 9.17. The maximum Gasteiger partial charge on any atom is 0.0681 e. The maximum atomic E-state index is 5.79. The fourth-order valence-electron chi connectivity index (χ4n) is 2.28. The lowest BCUT2D eigenvalue weighted by atomic mass is 9.89. The van der Waals surface area contributed by atoms with Crippen LogP contribution >= 0.6 is 0 Å². The molecule has 2 saturated heterocycles. The number of nitrogens with one attached hydrogen (secondary N) is 1. The molecule has 0 amide bonds. The van der Waals surface area contributed by atoms with Gasteiger partial charge in [0.05, 0.1) is 31.5 Å². The van der Waals surface area contributed by atoms with Gasteiger partial charge in [-0.05, 0) is 19.3 Å². The molecule has 82 valence electrons. The molecule has 2 atom stereocenters. The van der Waals surface area contributed by atoms with E-state index in [1.807, 2.05) is 0 Å². The minimum absolute atomic E-state index is 0.213. The predicted molar refractivity (Wildman–Crippen MR) is 55.3 cm³/mol. The fourth-order valence-corrected chi connectivity index (χ4v) is 2.28. The Kier molecular flexibility index (Phi) is 2.82. The Labute approximate surface area is 86.2 Å². The van der Waals surface area contributed by atoms with E-state index in [0.29, 0.717) is 18.1 Å². The minimum Gasteiger partial charge on any atom is -0.377 e. The van der Waals surface area contributed by atoms with Gasteiger partial charge in [0.1, 0.15) is 0 Å². The van der Waals surface area contributed by atoms with Crippen LogP contribution in [0.15, 0.2) is 0 Å². The van der Waals surface area contributed by atoms with Gasteiger partial charge in [-0.25, -0.2) is 0 Å². The van der Waals surface area contributed by atoms with Gasteiger partial charge in [0.25, 0.3) is 0 Å². The average Bonchev–Trinajstić information content (AvgIpc) is 2.23. The van der Waals surface area contributed by atoms with Crippen molar-refractivity contribution in [3.8, 4) is 0 Å². The van der Waals surface area contributed by atoms with Gasteiger partial charge >= 0.3 is 0 Å². The van der Waals surface area contributed by atoms with E-state index in [-0.39, 0.29) is 5.54 Å². The summed E-state index contributed by atoms with van der Waals surface area (Å²) in [5.74, 6) is 0.623. The van der Waals surface area contributed by atoms with Crippen molar-refractivity contribution in [2.24, 2.45) is 5.92 Å². The molecule has 0 aromatic rings. The molecule has 0 aromatic heterocycles. The lowest BCUT2D eigenvalue weighted by Gasteiger charge is -2.44. The normalized spacial score (nSPS) is 36.9. The monoisotopic (exact) mass is 199 g/mol. The summed E-state index contributed by atoms with van der Waals surface area (Å²) in [7, 11) is 0. The highest BCUT2D eigenvalue weighted by molar-refractivity contribution is 4.99. The molecule has 3 nitrogen and oxygen atoms in total. The smallest absolute Gasteiger partial charge is 0.0681 e. The van der Waals surface area contributed by atoms with Crippen molar-refractivity contribution in [1.29, 1.82) is 0 Å².